The molecule has 0 unspecified atom stereocenters. The predicted molar refractivity (Wildman–Crippen MR) is 121 cm³/mol. The molecule has 0 bridgehead atoms. The molecule has 5 rings (SSSR count). The summed E-state index contributed by atoms with van der Waals surface area (Å²) in [6.07, 6.45) is 7.23. The molecule has 8 nitrogen and oxygen atoms in total. The number of piperidine rings is 1. The molecule has 2 aromatic heterocycles. The third kappa shape index (κ3) is 5.43. The number of hydrogen-bond acceptors (Lipinski definition) is 8. The van der Waals surface area contributed by atoms with Crippen molar-refractivity contribution in [3.8, 4) is 11.6 Å². The number of hydrogen-bond donors (Lipinski definition) is 0. The average Bonchev–Trinajstić information content (AvgIpc) is 2.87. The number of benzene rings is 1. The molecule has 1 atom stereocenters. The van der Waals surface area contributed by atoms with Crippen LogP contribution in [0.3, 0.4) is 0 Å². The van der Waals surface area contributed by atoms with Crippen molar-refractivity contribution in [1.82, 2.24) is 24.8 Å². The molecule has 0 radical (unpaired) electrons. The normalized spacial score (nSPS) is 19.4. The highest BCUT2D eigenvalue weighted by Gasteiger charge is 2.26. The van der Waals surface area contributed by atoms with E-state index in [-0.39, 0.29) is 11.7 Å². The van der Waals surface area contributed by atoms with Gasteiger partial charge in [-0.1, -0.05) is 0 Å². The van der Waals surface area contributed by atoms with Gasteiger partial charge in [0.2, 0.25) is 11.8 Å². The summed E-state index contributed by atoms with van der Waals surface area (Å²) in [4.78, 5) is 22.8. The molecule has 2 fully saturated rings. The van der Waals surface area contributed by atoms with Crippen LogP contribution >= 0.6 is 0 Å². The van der Waals surface area contributed by atoms with E-state index < -0.39 is 0 Å². The number of rotatable bonds is 6. The summed E-state index contributed by atoms with van der Waals surface area (Å²) in [6.45, 7) is 5.66. The highest BCUT2D eigenvalue weighted by atomic mass is 19.1. The van der Waals surface area contributed by atoms with E-state index in [1.807, 2.05) is 12.3 Å². The zero-order chi connectivity index (χ0) is 22.5. The second kappa shape index (κ2) is 10.2. The zero-order valence-corrected chi connectivity index (χ0v) is 18.4. The number of anilines is 1. The molecule has 0 amide bonds. The molecule has 172 valence electrons. The quantitative estimate of drug-likeness (QED) is 0.566. The van der Waals surface area contributed by atoms with E-state index in [1.165, 1.54) is 12.1 Å². The average molecular weight is 451 g/mol. The van der Waals surface area contributed by atoms with E-state index >= 15 is 0 Å². The Hall–Kier alpha value is -3.17. The maximum atomic E-state index is 13.2. The molecule has 0 spiro atoms. The Morgan fingerprint density at radius 2 is 1.79 bits per heavy atom. The molecule has 0 saturated carbocycles. The fraction of sp³-hybridized carbons (Fsp3) is 0.417. The van der Waals surface area contributed by atoms with Crippen LogP contribution in [0, 0.1) is 5.82 Å². The number of nitrogens with zero attached hydrogens (tertiary/aromatic N) is 6. The van der Waals surface area contributed by atoms with Gasteiger partial charge in [0.1, 0.15) is 17.3 Å². The summed E-state index contributed by atoms with van der Waals surface area (Å²) in [5, 5.41) is 0. The first kappa shape index (κ1) is 21.7. The van der Waals surface area contributed by atoms with Crippen molar-refractivity contribution in [2.24, 2.45) is 0 Å². The van der Waals surface area contributed by atoms with Crippen molar-refractivity contribution >= 4 is 5.95 Å². The van der Waals surface area contributed by atoms with Gasteiger partial charge in [0.25, 0.3) is 0 Å². The molecule has 2 aliphatic heterocycles. The number of aromatic nitrogens is 4. The lowest BCUT2D eigenvalue weighted by molar-refractivity contribution is 0.122. The maximum Gasteiger partial charge on any atom is 0.241 e. The second-order valence-corrected chi connectivity index (χ2v) is 8.32. The van der Waals surface area contributed by atoms with Crippen molar-refractivity contribution < 1.29 is 13.9 Å². The smallest absolute Gasteiger partial charge is 0.241 e. The third-order valence-electron chi connectivity index (χ3n) is 5.99. The van der Waals surface area contributed by atoms with Gasteiger partial charge >= 0.3 is 0 Å². The maximum absolute atomic E-state index is 13.2. The number of likely N-dealkylation sites (tertiary alicyclic amines) is 1. The Labute approximate surface area is 192 Å². The van der Waals surface area contributed by atoms with E-state index in [1.54, 1.807) is 24.5 Å². The van der Waals surface area contributed by atoms with Gasteiger partial charge in [-0.05, 0) is 49.7 Å². The first-order valence-corrected chi connectivity index (χ1v) is 11.4. The van der Waals surface area contributed by atoms with Crippen LogP contribution in [0.25, 0.3) is 0 Å². The Bertz CT molecular complexity index is 1060. The second-order valence-electron chi connectivity index (χ2n) is 8.32. The zero-order valence-electron chi connectivity index (χ0n) is 18.4. The van der Waals surface area contributed by atoms with Crippen LogP contribution in [0.15, 0.2) is 48.9 Å². The fourth-order valence-corrected chi connectivity index (χ4v) is 4.35. The number of morpholine rings is 1. The largest absolute Gasteiger partial charge is 0.437 e. The Kier molecular flexibility index (Phi) is 6.68. The first-order chi connectivity index (χ1) is 16.2. The first-order valence-electron chi connectivity index (χ1n) is 11.4. The van der Waals surface area contributed by atoms with Crippen molar-refractivity contribution in [3.63, 3.8) is 0 Å². The van der Waals surface area contributed by atoms with Gasteiger partial charge in [-0.2, -0.15) is 0 Å². The molecule has 33 heavy (non-hydrogen) atoms. The third-order valence-corrected chi connectivity index (χ3v) is 5.99. The standard InChI is InChI=1S/C24H27FN6O2/c25-19-3-5-21(6-4-19)33-23-22(26-9-10-27-23)18-2-1-11-30(16-18)17-20-7-8-28-24(29-20)31-12-14-32-15-13-31/h3-10,18H,1-2,11-17H2/t18-/m1/s1. The molecular weight excluding hydrogens is 423 g/mol. The van der Waals surface area contributed by atoms with Crippen LogP contribution in [0.5, 0.6) is 11.6 Å². The molecule has 9 heteroatoms. The highest BCUT2D eigenvalue weighted by Crippen LogP contribution is 2.33. The Morgan fingerprint density at radius 3 is 2.64 bits per heavy atom. The summed E-state index contributed by atoms with van der Waals surface area (Å²) >= 11 is 0. The molecule has 3 aromatic rings. The monoisotopic (exact) mass is 450 g/mol. The number of halogens is 1. The van der Waals surface area contributed by atoms with Gasteiger partial charge in [-0.15, -0.1) is 0 Å². The summed E-state index contributed by atoms with van der Waals surface area (Å²) in [5.41, 5.74) is 1.84. The highest BCUT2D eigenvalue weighted by molar-refractivity contribution is 5.32. The number of ether oxygens (including phenoxy) is 2. The lowest BCUT2D eigenvalue weighted by atomic mass is 9.94. The van der Waals surface area contributed by atoms with Crippen LogP contribution in [0.1, 0.15) is 30.1 Å². The minimum Gasteiger partial charge on any atom is -0.437 e. The fourth-order valence-electron chi connectivity index (χ4n) is 4.35. The van der Waals surface area contributed by atoms with Crippen molar-refractivity contribution in [3.05, 3.63) is 66.1 Å². The van der Waals surface area contributed by atoms with Gasteiger partial charge in [0.05, 0.1) is 18.9 Å². The SMILES string of the molecule is Fc1ccc(Oc2nccnc2[C@@H]2CCCN(Cc3ccnc(N4CCOCC4)n3)C2)cc1. The predicted octanol–water partition coefficient (Wildman–Crippen LogP) is 3.41. The lowest BCUT2D eigenvalue weighted by Crippen LogP contribution is -2.38. The molecular formula is C24H27FN6O2. The van der Waals surface area contributed by atoms with Crippen molar-refractivity contribution in [2.75, 3.05) is 44.3 Å². The van der Waals surface area contributed by atoms with E-state index in [0.29, 0.717) is 24.8 Å². The van der Waals surface area contributed by atoms with Gasteiger partial charge in [-0.3, -0.25) is 9.88 Å². The summed E-state index contributed by atoms with van der Waals surface area (Å²) in [5.74, 6) is 1.69. The Morgan fingerprint density at radius 1 is 0.970 bits per heavy atom. The topological polar surface area (TPSA) is 76.5 Å². The molecule has 2 saturated heterocycles. The van der Waals surface area contributed by atoms with E-state index in [0.717, 1.165) is 62.9 Å². The summed E-state index contributed by atoms with van der Waals surface area (Å²) in [7, 11) is 0. The van der Waals surface area contributed by atoms with Crippen molar-refractivity contribution in [1.29, 1.82) is 0 Å². The van der Waals surface area contributed by atoms with Gasteiger partial charge in [0.15, 0.2) is 0 Å². The molecule has 0 aliphatic carbocycles. The molecule has 2 aliphatic rings. The lowest BCUT2D eigenvalue weighted by Gasteiger charge is -2.32. The minimum atomic E-state index is -0.300. The van der Waals surface area contributed by atoms with E-state index in [9.17, 15) is 4.39 Å². The molecule has 0 N–H and O–H groups in total. The van der Waals surface area contributed by atoms with E-state index in [2.05, 4.69) is 24.8 Å². The Balaban J connectivity index is 1.27. The molecule has 4 heterocycles. The summed E-state index contributed by atoms with van der Waals surface area (Å²) in [6, 6.07) is 7.93. The van der Waals surface area contributed by atoms with Gasteiger partial charge in [0, 0.05) is 50.7 Å². The van der Waals surface area contributed by atoms with Crippen molar-refractivity contribution in [2.45, 2.75) is 25.3 Å². The van der Waals surface area contributed by atoms with Crippen LogP contribution in [0.2, 0.25) is 0 Å². The van der Waals surface area contributed by atoms with Crippen LogP contribution in [0.4, 0.5) is 10.3 Å². The van der Waals surface area contributed by atoms with Gasteiger partial charge < -0.3 is 14.4 Å². The van der Waals surface area contributed by atoms with Crippen LogP contribution < -0.4 is 9.64 Å². The summed E-state index contributed by atoms with van der Waals surface area (Å²) < 4.78 is 24.6. The van der Waals surface area contributed by atoms with Crippen LogP contribution in [-0.4, -0.2) is 64.2 Å². The van der Waals surface area contributed by atoms with Gasteiger partial charge in [-0.25, -0.2) is 19.3 Å². The van der Waals surface area contributed by atoms with E-state index in [4.69, 9.17) is 14.5 Å². The minimum absolute atomic E-state index is 0.198. The van der Waals surface area contributed by atoms with Crippen LogP contribution in [-0.2, 0) is 11.3 Å². The molecule has 1 aromatic carbocycles.